The predicted octanol–water partition coefficient (Wildman–Crippen LogP) is 3.60. The molecule has 1 saturated heterocycles. The van der Waals surface area contributed by atoms with E-state index in [0.29, 0.717) is 18.1 Å². The molecule has 4 atom stereocenters. The minimum absolute atomic E-state index is 0.167. The minimum atomic E-state index is -0.516. The maximum Gasteiger partial charge on any atom is 0.174 e. The summed E-state index contributed by atoms with van der Waals surface area (Å²) in [4.78, 5) is 15.8. The van der Waals surface area contributed by atoms with Crippen molar-refractivity contribution in [3.05, 3.63) is 23.3 Å². The van der Waals surface area contributed by atoms with Gasteiger partial charge >= 0.3 is 0 Å². The first-order valence-electron chi connectivity index (χ1n) is 11.9. The zero-order chi connectivity index (χ0) is 20.7. The SMILES string of the molecule is CC(C)CCO[C@@]12CCC(=O)C3Oc4c(O)ccc5c4[C@@]31CCN(CC1CC1)[C@@H]2C5. The van der Waals surface area contributed by atoms with Crippen molar-refractivity contribution >= 4 is 5.78 Å². The van der Waals surface area contributed by atoms with Gasteiger partial charge in [-0.15, -0.1) is 0 Å². The molecule has 3 aliphatic carbocycles. The summed E-state index contributed by atoms with van der Waals surface area (Å²) < 4.78 is 13.3. The van der Waals surface area contributed by atoms with E-state index >= 15 is 0 Å². The Bertz CT molecular complexity index is 893. The van der Waals surface area contributed by atoms with Crippen molar-refractivity contribution in [3.63, 3.8) is 0 Å². The third-order valence-electron chi connectivity index (χ3n) is 8.57. The second kappa shape index (κ2) is 6.46. The van der Waals surface area contributed by atoms with Gasteiger partial charge in [-0.1, -0.05) is 19.9 Å². The Morgan fingerprint density at radius 2 is 2.13 bits per heavy atom. The van der Waals surface area contributed by atoms with E-state index in [0.717, 1.165) is 56.9 Å². The predicted molar refractivity (Wildman–Crippen MR) is 113 cm³/mol. The average molecular weight is 412 g/mol. The Kier molecular flexibility index (Phi) is 4.12. The van der Waals surface area contributed by atoms with Gasteiger partial charge in [-0.25, -0.2) is 0 Å². The van der Waals surface area contributed by atoms with Gasteiger partial charge in [0.25, 0.3) is 0 Å². The highest BCUT2D eigenvalue weighted by molar-refractivity contribution is 5.90. The molecule has 5 heteroatoms. The Balaban J connectivity index is 1.51. The summed E-state index contributed by atoms with van der Waals surface area (Å²) in [5, 5.41) is 10.6. The highest BCUT2D eigenvalue weighted by Gasteiger charge is 2.74. The largest absolute Gasteiger partial charge is 0.504 e. The lowest BCUT2D eigenvalue weighted by atomic mass is 9.48. The molecule has 0 radical (unpaired) electrons. The number of rotatable bonds is 6. The number of Topliss-reactive ketones (excluding diaryl/α,β-unsaturated/α-hetero) is 1. The lowest BCUT2D eigenvalue weighted by Gasteiger charge is -2.64. The van der Waals surface area contributed by atoms with Gasteiger partial charge in [0.15, 0.2) is 23.4 Å². The van der Waals surface area contributed by atoms with Gasteiger partial charge < -0.3 is 14.6 Å². The van der Waals surface area contributed by atoms with E-state index in [9.17, 15) is 9.90 Å². The van der Waals surface area contributed by atoms with Crippen LogP contribution in [0.1, 0.15) is 63.5 Å². The summed E-state index contributed by atoms with van der Waals surface area (Å²) in [5.41, 5.74) is 1.48. The topological polar surface area (TPSA) is 59.0 Å². The lowest BCUT2D eigenvalue weighted by molar-refractivity contribution is -0.214. The number of carbonyl (C=O) groups excluding carboxylic acids is 1. The van der Waals surface area contributed by atoms with E-state index < -0.39 is 17.1 Å². The van der Waals surface area contributed by atoms with Crippen molar-refractivity contribution < 1.29 is 19.4 Å². The molecule has 5 aliphatic rings. The molecule has 2 heterocycles. The molecule has 2 saturated carbocycles. The molecule has 5 nitrogen and oxygen atoms in total. The van der Waals surface area contributed by atoms with E-state index in [1.807, 2.05) is 0 Å². The molecule has 3 fully saturated rings. The number of likely N-dealkylation sites (tertiary alicyclic amines) is 1. The maximum absolute atomic E-state index is 13.1. The molecule has 1 unspecified atom stereocenters. The van der Waals surface area contributed by atoms with Gasteiger partial charge in [0.1, 0.15) is 0 Å². The molecule has 6 rings (SSSR count). The van der Waals surface area contributed by atoms with Gasteiger partial charge in [0.05, 0.1) is 11.0 Å². The Morgan fingerprint density at radius 3 is 2.90 bits per heavy atom. The third-order valence-corrected chi connectivity index (χ3v) is 8.57. The van der Waals surface area contributed by atoms with Crippen LogP contribution in [0.25, 0.3) is 0 Å². The van der Waals surface area contributed by atoms with Crippen LogP contribution < -0.4 is 4.74 Å². The summed E-state index contributed by atoms with van der Waals surface area (Å²) >= 11 is 0. The van der Waals surface area contributed by atoms with Gasteiger partial charge in [-0.05, 0) is 68.5 Å². The van der Waals surface area contributed by atoms with Crippen LogP contribution in [0.4, 0.5) is 0 Å². The van der Waals surface area contributed by atoms with Crippen LogP contribution in [0.3, 0.4) is 0 Å². The summed E-state index contributed by atoms with van der Waals surface area (Å²) in [7, 11) is 0. The number of aromatic hydroxyl groups is 1. The molecule has 1 spiro atoms. The Morgan fingerprint density at radius 1 is 1.30 bits per heavy atom. The monoisotopic (exact) mass is 411 g/mol. The van der Waals surface area contributed by atoms with Crippen LogP contribution in [0.5, 0.6) is 11.5 Å². The van der Waals surface area contributed by atoms with Crippen molar-refractivity contribution in [2.45, 2.75) is 82.0 Å². The number of nitrogens with zero attached hydrogens (tertiary/aromatic N) is 1. The molecule has 162 valence electrons. The van der Waals surface area contributed by atoms with Crippen molar-refractivity contribution in [2.24, 2.45) is 11.8 Å². The molecule has 1 aromatic carbocycles. The van der Waals surface area contributed by atoms with Crippen LogP contribution in [-0.4, -0.2) is 53.2 Å². The van der Waals surface area contributed by atoms with E-state index in [1.54, 1.807) is 6.07 Å². The summed E-state index contributed by atoms with van der Waals surface area (Å²) in [6.07, 6.45) is 6.25. The molecule has 1 N–H and O–H groups in total. The molecule has 30 heavy (non-hydrogen) atoms. The van der Waals surface area contributed by atoms with Crippen LogP contribution in [0.15, 0.2) is 12.1 Å². The van der Waals surface area contributed by atoms with Crippen molar-refractivity contribution in [2.75, 3.05) is 19.7 Å². The van der Waals surface area contributed by atoms with Gasteiger partial charge in [0.2, 0.25) is 0 Å². The number of hydrogen-bond acceptors (Lipinski definition) is 5. The third kappa shape index (κ3) is 2.39. The maximum atomic E-state index is 13.1. The number of piperidine rings is 1. The number of ketones is 1. The van der Waals surface area contributed by atoms with Gasteiger partial charge in [-0.2, -0.15) is 0 Å². The summed E-state index contributed by atoms with van der Waals surface area (Å²) in [6.45, 7) is 7.32. The van der Waals surface area contributed by atoms with Crippen LogP contribution in [0, 0.1) is 11.8 Å². The Hall–Kier alpha value is -1.59. The number of hydrogen-bond donors (Lipinski definition) is 1. The minimum Gasteiger partial charge on any atom is -0.504 e. The molecule has 1 aromatic rings. The van der Waals surface area contributed by atoms with Gasteiger partial charge in [0, 0.05) is 31.2 Å². The quantitative estimate of drug-likeness (QED) is 0.775. The zero-order valence-corrected chi connectivity index (χ0v) is 18.2. The fraction of sp³-hybridized carbons (Fsp3) is 0.720. The number of phenolic OH excluding ortho intramolecular Hbond substituents is 1. The number of phenols is 1. The van der Waals surface area contributed by atoms with Crippen LogP contribution in [-0.2, 0) is 21.4 Å². The fourth-order valence-corrected chi connectivity index (χ4v) is 7.01. The second-order valence-electron chi connectivity index (χ2n) is 10.7. The molecular weight excluding hydrogens is 378 g/mol. The summed E-state index contributed by atoms with van der Waals surface area (Å²) in [6, 6.07) is 4.09. The fourth-order valence-electron chi connectivity index (χ4n) is 7.01. The number of benzene rings is 1. The molecule has 0 aromatic heterocycles. The van der Waals surface area contributed by atoms with E-state index in [-0.39, 0.29) is 17.6 Å². The van der Waals surface area contributed by atoms with E-state index in [2.05, 4.69) is 24.8 Å². The van der Waals surface area contributed by atoms with Crippen LogP contribution in [0.2, 0.25) is 0 Å². The first kappa shape index (κ1) is 19.1. The van der Waals surface area contributed by atoms with Crippen molar-refractivity contribution in [1.82, 2.24) is 4.90 Å². The molecule has 0 amide bonds. The number of ether oxygens (including phenoxy) is 2. The highest BCUT2D eigenvalue weighted by Crippen LogP contribution is 2.66. The first-order chi connectivity index (χ1) is 14.5. The highest BCUT2D eigenvalue weighted by atomic mass is 16.5. The smallest absolute Gasteiger partial charge is 0.174 e. The second-order valence-corrected chi connectivity index (χ2v) is 10.7. The van der Waals surface area contributed by atoms with Crippen molar-refractivity contribution in [1.29, 1.82) is 0 Å². The summed E-state index contributed by atoms with van der Waals surface area (Å²) in [5.74, 6) is 2.30. The molecular formula is C25H33NO4. The van der Waals surface area contributed by atoms with E-state index in [4.69, 9.17) is 9.47 Å². The first-order valence-corrected chi connectivity index (χ1v) is 11.9. The standard InChI is InChI=1S/C25H33NO4/c1-15(2)8-12-29-25-9-7-19(28)23-24(25)10-11-26(14-16-3-4-16)20(25)13-17-5-6-18(27)22(30-23)21(17)24/h5-6,15-16,20,23,27H,3-4,7-14H2,1-2H3/t20-,23?,24+,25-/m1/s1. The van der Waals surface area contributed by atoms with E-state index in [1.165, 1.54) is 18.4 Å². The Labute approximate surface area is 178 Å². The molecule has 2 bridgehead atoms. The number of carbonyl (C=O) groups is 1. The normalized spacial score (nSPS) is 36.7. The van der Waals surface area contributed by atoms with Crippen LogP contribution >= 0.6 is 0 Å². The van der Waals surface area contributed by atoms with Gasteiger partial charge in [-0.3, -0.25) is 9.69 Å². The zero-order valence-electron chi connectivity index (χ0n) is 18.2. The lowest BCUT2D eigenvalue weighted by Crippen LogP contribution is -2.77. The van der Waals surface area contributed by atoms with Crippen molar-refractivity contribution in [3.8, 4) is 11.5 Å². The average Bonchev–Trinajstić information content (AvgIpc) is 3.45. The molecule has 2 aliphatic heterocycles.